The van der Waals surface area contributed by atoms with Crippen LogP contribution in [0.25, 0.3) is 0 Å². The number of primary amides is 1. The highest BCUT2D eigenvalue weighted by molar-refractivity contribution is 5.73. The van der Waals surface area contributed by atoms with Gasteiger partial charge in [-0.2, -0.15) is 0 Å². The minimum absolute atomic E-state index is 0.501. The number of hydrogen-bond acceptors (Lipinski definition) is 2. The highest BCUT2D eigenvalue weighted by atomic mass is 16.2. The van der Waals surface area contributed by atoms with Crippen LogP contribution in [-0.2, 0) is 4.79 Å². The SMILES string of the molecule is CN(C=O)C(C)(C)C(C)(C)N(C)C(N)=O. The molecular formula is C10H21N3O2. The Balaban J connectivity index is 5.16. The number of urea groups is 1. The monoisotopic (exact) mass is 215 g/mol. The van der Waals surface area contributed by atoms with Gasteiger partial charge in [-0.15, -0.1) is 0 Å². The van der Waals surface area contributed by atoms with Gasteiger partial charge in [0.2, 0.25) is 6.41 Å². The Kier molecular flexibility index (Phi) is 3.74. The largest absolute Gasteiger partial charge is 0.351 e. The summed E-state index contributed by atoms with van der Waals surface area (Å²) in [4.78, 5) is 24.9. The number of nitrogens with two attached hydrogens (primary N) is 1. The summed E-state index contributed by atoms with van der Waals surface area (Å²) in [6.07, 6.45) is 0.747. The van der Waals surface area contributed by atoms with E-state index in [9.17, 15) is 9.59 Å². The van der Waals surface area contributed by atoms with Crippen molar-refractivity contribution in [1.29, 1.82) is 0 Å². The molecule has 0 aliphatic rings. The Morgan fingerprint density at radius 2 is 1.53 bits per heavy atom. The first-order valence-corrected chi connectivity index (χ1v) is 4.80. The van der Waals surface area contributed by atoms with E-state index in [-0.39, 0.29) is 0 Å². The quantitative estimate of drug-likeness (QED) is 0.699. The second kappa shape index (κ2) is 4.08. The molecule has 5 nitrogen and oxygen atoms in total. The van der Waals surface area contributed by atoms with Gasteiger partial charge in [-0.1, -0.05) is 0 Å². The molecule has 3 amide bonds. The maximum absolute atomic E-state index is 11.1. The lowest BCUT2D eigenvalue weighted by Gasteiger charge is -2.50. The maximum Gasteiger partial charge on any atom is 0.315 e. The molecule has 0 aromatic rings. The first-order valence-electron chi connectivity index (χ1n) is 4.80. The number of hydrogen-bond donors (Lipinski definition) is 1. The molecular weight excluding hydrogens is 194 g/mol. The average molecular weight is 215 g/mol. The van der Waals surface area contributed by atoms with Crippen LogP contribution in [0, 0.1) is 0 Å². The Labute approximate surface area is 91.2 Å². The van der Waals surface area contributed by atoms with Gasteiger partial charge in [0.15, 0.2) is 0 Å². The van der Waals surface area contributed by atoms with Crippen molar-refractivity contribution in [3.05, 3.63) is 0 Å². The van der Waals surface area contributed by atoms with Gasteiger partial charge >= 0.3 is 6.03 Å². The molecule has 0 aliphatic carbocycles. The molecule has 0 fully saturated rings. The second-order valence-electron chi connectivity index (χ2n) is 4.73. The van der Waals surface area contributed by atoms with Crippen molar-refractivity contribution in [2.24, 2.45) is 5.73 Å². The van der Waals surface area contributed by atoms with Crippen molar-refractivity contribution in [2.45, 2.75) is 38.8 Å². The predicted octanol–water partition coefficient (Wildman–Crippen LogP) is 0.642. The maximum atomic E-state index is 11.1. The van der Waals surface area contributed by atoms with Crippen LogP contribution in [0.15, 0.2) is 0 Å². The van der Waals surface area contributed by atoms with Crippen LogP contribution in [0.3, 0.4) is 0 Å². The Hall–Kier alpha value is -1.26. The van der Waals surface area contributed by atoms with Gasteiger partial charge in [0.25, 0.3) is 0 Å². The standard InChI is InChI=1S/C10H21N3O2/c1-9(2,12(5)7-14)10(3,4)13(6)8(11)15/h7H,1-6H3,(H2,11,15). The summed E-state index contributed by atoms with van der Waals surface area (Å²) < 4.78 is 0. The molecule has 0 saturated carbocycles. The van der Waals surface area contributed by atoms with Crippen molar-refractivity contribution in [1.82, 2.24) is 9.80 Å². The van der Waals surface area contributed by atoms with E-state index in [1.165, 1.54) is 9.80 Å². The molecule has 0 spiro atoms. The molecule has 0 rings (SSSR count). The van der Waals surface area contributed by atoms with E-state index in [1.54, 1.807) is 14.1 Å². The number of nitrogens with zero attached hydrogens (tertiary/aromatic N) is 2. The van der Waals surface area contributed by atoms with Gasteiger partial charge in [0.1, 0.15) is 0 Å². The molecule has 88 valence electrons. The highest BCUT2D eigenvalue weighted by Crippen LogP contribution is 2.30. The van der Waals surface area contributed by atoms with Crippen molar-refractivity contribution in [2.75, 3.05) is 14.1 Å². The van der Waals surface area contributed by atoms with Crippen molar-refractivity contribution >= 4 is 12.4 Å². The molecule has 15 heavy (non-hydrogen) atoms. The van der Waals surface area contributed by atoms with Crippen molar-refractivity contribution in [3.63, 3.8) is 0 Å². The van der Waals surface area contributed by atoms with Gasteiger partial charge in [-0.3, -0.25) is 4.79 Å². The summed E-state index contributed by atoms with van der Waals surface area (Å²) in [7, 11) is 3.31. The Bertz CT molecular complexity index is 261. The smallest absolute Gasteiger partial charge is 0.315 e. The lowest BCUT2D eigenvalue weighted by atomic mass is 9.80. The zero-order valence-corrected chi connectivity index (χ0v) is 10.4. The summed E-state index contributed by atoms with van der Waals surface area (Å²) >= 11 is 0. The molecule has 0 unspecified atom stereocenters. The number of carbonyl (C=O) groups is 2. The van der Waals surface area contributed by atoms with Crippen LogP contribution in [0.4, 0.5) is 4.79 Å². The lowest BCUT2D eigenvalue weighted by Crippen LogP contribution is -2.65. The Morgan fingerprint density at radius 1 is 1.13 bits per heavy atom. The minimum Gasteiger partial charge on any atom is -0.351 e. The number of carbonyl (C=O) groups excluding carboxylic acids is 2. The first-order chi connectivity index (χ1) is 6.59. The molecule has 0 radical (unpaired) electrons. The molecule has 5 heteroatoms. The van der Waals surface area contributed by atoms with Crippen LogP contribution in [0.1, 0.15) is 27.7 Å². The average Bonchev–Trinajstić information content (AvgIpc) is 2.14. The van der Waals surface area contributed by atoms with E-state index in [1.807, 2.05) is 27.7 Å². The molecule has 2 N–H and O–H groups in total. The van der Waals surface area contributed by atoms with Crippen LogP contribution in [0.5, 0.6) is 0 Å². The second-order valence-corrected chi connectivity index (χ2v) is 4.73. The van der Waals surface area contributed by atoms with Crippen LogP contribution < -0.4 is 5.73 Å². The molecule has 0 heterocycles. The molecule has 0 bridgehead atoms. The minimum atomic E-state index is -0.547. The summed E-state index contributed by atoms with van der Waals surface area (Å²) in [6.45, 7) is 7.52. The fourth-order valence-corrected chi connectivity index (χ4v) is 1.25. The summed E-state index contributed by atoms with van der Waals surface area (Å²) in [5.41, 5.74) is 4.19. The lowest BCUT2D eigenvalue weighted by molar-refractivity contribution is -0.125. The topological polar surface area (TPSA) is 66.6 Å². The van der Waals surface area contributed by atoms with Crippen molar-refractivity contribution in [3.8, 4) is 0 Å². The van der Waals surface area contributed by atoms with Gasteiger partial charge in [0.05, 0.1) is 11.1 Å². The van der Waals surface area contributed by atoms with E-state index in [2.05, 4.69) is 0 Å². The summed E-state index contributed by atoms with van der Waals surface area (Å²) in [6, 6.07) is -0.507. The number of likely N-dealkylation sites (N-methyl/N-ethyl adjacent to an activating group) is 2. The normalized spacial score (nSPS) is 12.1. The Morgan fingerprint density at radius 3 is 1.80 bits per heavy atom. The van der Waals surface area contributed by atoms with Crippen molar-refractivity contribution < 1.29 is 9.59 Å². The third-order valence-corrected chi connectivity index (χ3v) is 3.71. The molecule has 0 aliphatic heterocycles. The predicted molar refractivity (Wildman–Crippen MR) is 59.3 cm³/mol. The summed E-state index contributed by atoms with van der Waals surface area (Å²) in [5, 5.41) is 0. The van der Waals surface area contributed by atoms with Crippen LogP contribution in [0.2, 0.25) is 0 Å². The third-order valence-electron chi connectivity index (χ3n) is 3.71. The van der Waals surface area contributed by atoms with E-state index in [0.717, 1.165) is 6.41 Å². The van der Waals surface area contributed by atoms with E-state index >= 15 is 0 Å². The zero-order chi connectivity index (χ0) is 12.4. The third kappa shape index (κ3) is 2.22. The highest BCUT2D eigenvalue weighted by Gasteiger charge is 2.44. The molecule has 0 atom stereocenters. The summed E-state index contributed by atoms with van der Waals surface area (Å²) in [5.74, 6) is 0. The van der Waals surface area contributed by atoms with Gasteiger partial charge < -0.3 is 15.5 Å². The van der Waals surface area contributed by atoms with E-state index in [0.29, 0.717) is 0 Å². The van der Waals surface area contributed by atoms with Crippen LogP contribution >= 0.6 is 0 Å². The molecule has 0 aromatic carbocycles. The number of amides is 3. The van der Waals surface area contributed by atoms with E-state index < -0.39 is 17.1 Å². The van der Waals surface area contributed by atoms with Gasteiger partial charge in [-0.25, -0.2) is 4.79 Å². The zero-order valence-electron chi connectivity index (χ0n) is 10.4. The first kappa shape index (κ1) is 13.7. The van der Waals surface area contributed by atoms with E-state index in [4.69, 9.17) is 5.73 Å². The van der Waals surface area contributed by atoms with Gasteiger partial charge in [-0.05, 0) is 27.7 Å². The number of rotatable bonds is 4. The van der Waals surface area contributed by atoms with Gasteiger partial charge in [0, 0.05) is 14.1 Å². The fraction of sp³-hybridized carbons (Fsp3) is 0.800. The molecule has 0 saturated heterocycles. The van der Waals surface area contributed by atoms with Crippen LogP contribution in [-0.4, -0.2) is 47.4 Å². The molecule has 0 aromatic heterocycles. The fourth-order valence-electron chi connectivity index (χ4n) is 1.25.